The second kappa shape index (κ2) is 5.33. The van der Waals surface area contributed by atoms with E-state index in [-0.39, 0.29) is 5.56 Å². The topological polar surface area (TPSA) is 75.9 Å². The van der Waals surface area contributed by atoms with E-state index in [9.17, 15) is 4.79 Å². The molecular weight excluding hydrogens is 314 g/mol. The summed E-state index contributed by atoms with van der Waals surface area (Å²) in [7, 11) is 0. The summed E-state index contributed by atoms with van der Waals surface area (Å²) in [5, 5.41) is 11.9. The molecule has 0 atom stereocenters. The summed E-state index contributed by atoms with van der Waals surface area (Å²) in [5.41, 5.74) is 3.62. The van der Waals surface area contributed by atoms with Gasteiger partial charge in [-0.05, 0) is 18.2 Å². The summed E-state index contributed by atoms with van der Waals surface area (Å²) in [6.45, 7) is 0. The van der Waals surface area contributed by atoms with Gasteiger partial charge in [-0.15, -0.1) is 0 Å². The molecular formula is C16H10ClN5O. The van der Waals surface area contributed by atoms with E-state index < -0.39 is 0 Å². The second-order valence-electron chi connectivity index (χ2n) is 4.94. The number of rotatable bonds is 2. The van der Waals surface area contributed by atoms with Crippen LogP contribution in [0.1, 0.15) is 0 Å². The van der Waals surface area contributed by atoms with Crippen LogP contribution in [-0.2, 0) is 0 Å². The molecule has 0 aliphatic heterocycles. The molecule has 0 radical (unpaired) electrons. The van der Waals surface area contributed by atoms with Crippen LogP contribution >= 0.6 is 11.6 Å². The molecule has 0 saturated heterocycles. The lowest BCUT2D eigenvalue weighted by Gasteiger charge is -2.02. The molecule has 112 valence electrons. The Balaban J connectivity index is 2.03. The highest BCUT2D eigenvalue weighted by molar-refractivity contribution is 6.30. The van der Waals surface area contributed by atoms with E-state index in [1.165, 1.54) is 6.07 Å². The fraction of sp³-hybridized carbons (Fsp3) is 0. The van der Waals surface area contributed by atoms with Crippen molar-refractivity contribution < 1.29 is 0 Å². The van der Waals surface area contributed by atoms with Crippen LogP contribution in [0.15, 0.2) is 59.8 Å². The minimum absolute atomic E-state index is 0.253. The van der Waals surface area contributed by atoms with E-state index in [0.717, 1.165) is 22.3 Å². The van der Waals surface area contributed by atoms with Crippen molar-refractivity contribution in [2.24, 2.45) is 0 Å². The van der Waals surface area contributed by atoms with Crippen molar-refractivity contribution in [3.63, 3.8) is 0 Å². The first kappa shape index (κ1) is 13.7. The maximum absolute atomic E-state index is 11.3. The van der Waals surface area contributed by atoms with Crippen LogP contribution in [0, 0.1) is 0 Å². The van der Waals surface area contributed by atoms with Crippen LogP contribution in [0.3, 0.4) is 0 Å². The average Bonchev–Trinajstić information content (AvgIpc) is 2.96. The third kappa shape index (κ3) is 2.39. The lowest BCUT2D eigenvalue weighted by atomic mass is 10.0. The number of H-pyrrole nitrogens is 1. The molecule has 0 aliphatic carbocycles. The predicted molar refractivity (Wildman–Crippen MR) is 87.3 cm³/mol. The van der Waals surface area contributed by atoms with Gasteiger partial charge in [0.1, 0.15) is 5.69 Å². The molecule has 7 heteroatoms. The van der Waals surface area contributed by atoms with Crippen LogP contribution < -0.4 is 5.56 Å². The third-order valence-electron chi connectivity index (χ3n) is 3.49. The molecule has 0 amide bonds. The second-order valence-corrected chi connectivity index (χ2v) is 5.38. The van der Waals surface area contributed by atoms with E-state index >= 15 is 0 Å². The Morgan fingerprint density at radius 2 is 1.91 bits per heavy atom. The van der Waals surface area contributed by atoms with E-state index in [1.54, 1.807) is 29.2 Å². The van der Waals surface area contributed by atoms with Gasteiger partial charge in [0.05, 0.1) is 23.0 Å². The molecule has 1 N–H and O–H groups in total. The summed E-state index contributed by atoms with van der Waals surface area (Å²) >= 11 is 5.96. The minimum atomic E-state index is -0.253. The van der Waals surface area contributed by atoms with Gasteiger partial charge < -0.3 is 0 Å². The van der Waals surface area contributed by atoms with Crippen LogP contribution in [0.4, 0.5) is 0 Å². The number of hydrogen-bond acceptors (Lipinski definition) is 4. The van der Waals surface area contributed by atoms with Crippen molar-refractivity contribution in [1.82, 2.24) is 24.8 Å². The number of aromatic nitrogens is 5. The minimum Gasteiger partial charge on any atom is -0.268 e. The van der Waals surface area contributed by atoms with Crippen LogP contribution in [0.5, 0.6) is 0 Å². The van der Waals surface area contributed by atoms with Crippen LogP contribution in [0.25, 0.3) is 28.0 Å². The van der Waals surface area contributed by atoms with E-state index in [0.29, 0.717) is 10.7 Å². The molecule has 6 nitrogen and oxygen atoms in total. The van der Waals surface area contributed by atoms with Crippen LogP contribution in [0.2, 0.25) is 5.02 Å². The molecule has 0 bridgehead atoms. The first-order valence-electron chi connectivity index (χ1n) is 6.87. The predicted octanol–water partition coefficient (Wildman–Crippen LogP) is 2.80. The number of benzene rings is 1. The highest BCUT2D eigenvalue weighted by Crippen LogP contribution is 2.33. The molecule has 4 aromatic rings. The SMILES string of the molecule is O=c1ccc(-c2c(-c3ccc(Cl)cc3)nn3ccncc23)n[nH]1. The third-order valence-corrected chi connectivity index (χ3v) is 3.74. The van der Waals surface area contributed by atoms with Gasteiger partial charge in [-0.25, -0.2) is 9.61 Å². The van der Waals surface area contributed by atoms with Gasteiger partial charge in [0.25, 0.3) is 5.56 Å². The molecule has 0 fully saturated rings. The number of halogens is 1. The van der Waals surface area contributed by atoms with Crippen molar-refractivity contribution in [1.29, 1.82) is 0 Å². The number of fused-ring (bicyclic) bond motifs is 1. The summed E-state index contributed by atoms with van der Waals surface area (Å²) in [6.07, 6.45) is 5.15. The standard InChI is InChI=1S/C16H10ClN5O/c17-11-3-1-10(2-4-11)16-15(12-5-6-14(23)20-19-12)13-9-18-7-8-22(13)21-16/h1-9H,(H,20,23). The monoisotopic (exact) mass is 323 g/mol. The number of aromatic amines is 1. The number of nitrogens with one attached hydrogen (secondary N) is 1. The Morgan fingerprint density at radius 3 is 2.65 bits per heavy atom. The zero-order valence-electron chi connectivity index (χ0n) is 11.8. The Labute approximate surface area is 135 Å². The zero-order chi connectivity index (χ0) is 15.8. The maximum Gasteiger partial charge on any atom is 0.264 e. The number of nitrogens with zero attached hydrogens (tertiary/aromatic N) is 4. The van der Waals surface area contributed by atoms with Crippen molar-refractivity contribution in [2.45, 2.75) is 0 Å². The van der Waals surface area contributed by atoms with Gasteiger partial charge >= 0.3 is 0 Å². The van der Waals surface area contributed by atoms with Crippen molar-refractivity contribution in [2.75, 3.05) is 0 Å². The molecule has 0 spiro atoms. The smallest absolute Gasteiger partial charge is 0.264 e. The summed E-state index contributed by atoms with van der Waals surface area (Å²) in [4.78, 5) is 15.4. The van der Waals surface area contributed by atoms with Crippen molar-refractivity contribution in [3.8, 4) is 22.5 Å². The van der Waals surface area contributed by atoms with E-state index in [1.807, 2.05) is 24.3 Å². The maximum atomic E-state index is 11.3. The Hall–Kier alpha value is -2.99. The fourth-order valence-electron chi connectivity index (χ4n) is 2.45. The normalized spacial score (nSPS) is 11.0. The van der Waals surface area contributed by atoms with Crippen molar-refractivity contribution >= 4 is 17.1 Å². The zero-order valence-corrected chi connectivity index (χ0v) is 12.5. The molecule has 1 aromatic carbocycles. The van der Waals surface area contributed by atoms with E-state index in [4.69, 9.17) is 11.6 Å². The highest BCUT2D eigenvalue weighted by Gasteiger charge is 2.17. The fourth-order valence-corrected chi connectivity index (χ4v) is 2.57. The highest BCUT2D eigenvalue weighted by atomic mass is 35.5. The molecule has 0 saturated carbocycles. The van der Waals surface area contributed by atoms with Gasteiger partial charge in [0.15, 0.2) is 0 Å². The lowest BCUT2D eigenvalue weighted by Crippen LogP contribution is -2.05. The summed E-state index contributed by atoms with van der Waals surface area (Å²) < 4.78 is 1.74. The quantitative estimate of drug-likeness (QED) is 0.615. The van der Waals surface area contributed by atoms with Crippen molar-refractivity contribution in [3.05, 3.63) is 70.4 Å². The van der Waals surface area contributed by atoms with Gasteiger partial charge in [-0.1, -0.05) is 23.7 Å². The molecule has 23 heavy (non-hydrogen) atoms. The first-order chi connectivity index (χ1) is 11.2. The molecule has 3 heterocycles. The number of hydrogen-bond donors (Lipinski definition) is 1. The Morgan fingerprint density at radius 1 is 1.09 bits per heavy atom. The van der Waals surface area contributed by atoms with Crippen LogP contribution in [-0.4, -0.2) is 24.8 Å². The first-order valence-corrected chi connectivity index (χ1v) is 7.24. The van der Waals surface area contributed by atoms with Gasteiger partial charge in [0, 0.05) is 29.0 Å². The van der Waals surface area contributed by atoms with Gasteiger partial charge in [-0.3, -0.25) is 9.78 Å². The summed E-state index contributed by atoms with van der Waals surface area (Å²) in [6, 6.07) is 10.5. The lowest BCUT2D eigenvalue weighted by molar-refractivity contribution is 0.950. The molecule has 0 aliphatic rings. The van der Waals surface area contributed by atoms with Gasteiger partial charge in [0.2, 0.25) is 0 Å². The molecule has 3 aromatic heterocycles. The molecule has 4 rings (SSSR count). The average molecular weight is 324 g/mol. The Bertz CT molecular complexity index is 1030. The largest absolute Gasteiger partial charge is 0.268 e. The van der Waals surface area contributed by atoms with Gasteiger partial charge in [-0.2, -0.15) is 10.2 Å². The molecule has 0 unspecified atom stereocenters. The van der Waals surface area contributed by atoms with E-state index in [2.05, 4.69) is 20.3 Å². The Kier molecular flexibility index (Phi) is 3.17. The summed E-state index contributed by atoms with van der Waals surface area (Å²) in [5.74, 6) is 0.